The van der Waals surface area contributed by atoms with Gasteiger partial charge in [0.25, 0.3) is 0 Å². The number of nitrogens with zero attached hydrogens (tertiary/aromatic N) is 2. The smallest absolute Gasteiger partial charge is 0.0601 e. The van der Waals surface area contributed by atoms with Gasteiger partial charge < -0.3 is 9.80 Å². The molecule has 56 heavy (non-hydrogen) atoms. The molecule has 2 nitrogen and oxygen atoms in total. The van der Waals surface area contributed by atoms with E-state index in [1.54, 1.807) is 0 Å². The van der Waals surface area contributed by atoms with Crippen LogP contribution in [-0.2, 0) is 10.8 Å². The van der Waals surface area contributed by atoms with Crippen molar-refractivity contribution in [2.45, 2.75) is 58.1 Å². The molecule has 0 atom stereocenters. The highest BCUT2D eigenvalue weighted by molar-refractivity contribution is 8.00. The van der Waals surface area contributed by atoms with Crippen molar-refractivity contribution in [2.24, 2.45) is 0 Å². The summed E-state index contributed by atoms with van der Waals surface area (Å²) in [6, 6.07) is 59.3. The van der Waals surface area contributed by atoms with E-state index in [0.29, 0.717) is 0 Å². The summed E-state index contributed by atoms with van der Waals surface area (Å²) >= 11 is 3.72. The molecule has 268 valence electrons. The number of para-hydroxylation sites is 4. The molecule has 2 aliphatic heterocycles. The Morgan fingerprint density at radius 2 is 0.821 bits per heavy atom. The second kappa shape index (κ2) is 11.4. The van der Waals surface area contributed by atoms with Crippen molar-refractivity contribution in [2.75, 3.05) is 9.80 Å². The molecule has 0 saturated carbocycles. The molecular weight excluding hydrogens is 717 g/mol. The molecule has 0 spiro atoms. The highest BCUT2D eigenvalue weighted by Crippen LogP contribution is 2.60. The van der Waals surface area contributed by atoms with Crippen LogP contribution in [0.4, 0.5) is 34.1 Å². The number of hydrogen-bond donors (Lipinski definition) is 0. The molecule has 0 aromatic heterocycles. The summed E-state index contributed by atoms with van der Waals surface area (Å²) in [5, 5.41) is 2.75. The molecule has 2 heterocycles. The number of rotatable bonds is 2. The van der Waals surface area contributed by atoms with E-state index < -0.39 is 0 Å². The van der Waals surface area contributed by atoms with Gasteiger partial charge in [0, 0.05) is 41.8 Å². The fraction of sp³-hybridized carbons (Fsp3) is 0.115. The Hall–Kier alpha value is -5.68. The molecule has 0 unspecified atom stereocenters. The summed E-state index contributed by atoms with van der Waals surface area (Å²) in [6.45, 7) is 9.70. The molecule has 0 bridgehead atoms. The van der Waals surface area contributed by atoms with Gasteiger partial charge in [0.05, 0.1) is 22.7 Å². The highest BCUT2D eigenvalue weighted by atomic mass is 32.2. The fourth-order valence-electron chi connectivity index (χ4n) is 10.1. The Kier molecular flexibility index (Phi) is 6.65. The quantitative estimate of drug-likeness (QED) is 0.173. The second-order valence-corrected chi connectivity index (χ2v) is 18.7. The predicted octanol–water partition coefficient (Wildman–Crippen LogP) is 15.3. The molecule has 8 aromatic rings. The van der Waals surface area contributed by atoms with Gasteiger partial charge in [-0.3, -0.25) is 0 Å². The van der Waals surface area contributed by atoms with E-state index in [1.165, 1.54) is 109 Å². The maximum absolute atomic E-state index is 2.55. The predicted molar refractivity (Wildman–Crippen MR) is 237 cm³/mol. The summed E-state index contributed by atoms with van der Waals surface area (Å²) in [5.41, 5.74) is 17.9. The van der Waals surface area contributed by atoms with Crippen molar-refractivity contribution in [3.8, 4) is 22.3 Å². The fourth-order valence-corrected chi connectivity index (χ4v) is 12.2. The zero-order valence-electron chi connectivity index (χ0n) is 31.7. The van der Waals surface area contributed by atoms with Crippen LogP contribution in [0.5, 0.6) is 0 Å². The van der Waals surface area contributed by atoms with E-state index in [-0.39, 0.29) is 10.8 Å². The van der Waals surface area contributed by atoms with Gasteiger partial charge in [-0.1, -0.05) is 130 Å². The lowest BCUT2D eigenvalue weighted by atomic mass is 9.67. The van der Waals surface area contributed by atoms with E-state index in [2.05, 4.69) is 195 Å². The molecule has 2 aliphatic carbocycles. The Morgan fingerprint density at radius 1 is 0.375 bits per heavy atom. The first-order valence-corrected chi connectivity index (χ1v) is 21.1. The summed E-state index contributed by atoms with van der Waals surface area (Å²) < 4.78 is 0. The van der Waals surface area contributed by atoms with Crippen LogP contribution in [-0.4, -0.2) is 0 Å². The van der Waals surface area contributed by atoms with E-state index in [4.69, 9.17) is 0 Å². The summed E-state index contributed by atoms with van der Waals surface area (Å²) in [4.78, 5) is 10.1. The van der Waals surface area contributed by atoms with Crippen molar-refractivity contribution in [1.82, 2.24) is 0 Å². The number of benzene rings is 8. The summed E-state index contributed by atoms with van der Waals surface area (Å²) in [7, 11) is 0. The molecular formula is C52H38N2S2. The van der Waals surface area contributed by atoms with Crippen LogP contribution in [0.3, 0.4) is 0 Å². The second-order valence-electron chi connectivity index (χ2n) is 16.5. The third-order valence-corrected chi connectivity index (χ3v) is 15.1. The SMILES string of the molecule is CC1(C)c2cc(N3c4ccccc4Sc4ccccc43)ccc2-c2c1cc1c3c(cccc23)C(C)(C)c2cc(N3c4ccccc4Sc4ccccc43)ccc2-1. The number of fused-ring (bicyclic) bond motifs is 10. The van der Waals surface area contributed by atoms with Crippen molar-refractivity contribution in [1.29, 1.82) is 0 Å². The van der Waals surface area contributed by atoms with Crippen LogP contribution in [0, 0.1) is 0 Å². The van der Waals surface area contributed by atoms with Crippen LogP contribution in [0.25, 0.3) is 33.0 Å². The van der Waals surface area contributed by atoms with Gasteiger partial charge in [0.1, 0.15) is 0 Å². The molecule has 0 radical (unpaired) electrons. The van der Waals surface area contributed by atoms with Gasteiger partial charge in [-0.25, -0.2) is 0 Å². The molecule has 8 aromatic carbocycles. The van der Waals surface area contributed by atoms with Crippen LogP contribution in [0.1, 0.15) is 49.9 Å². The van der Waals surface area contributed by atoms with E-state index in [9.17, 15) is 0 Å². The van der Waals surface area contributed by atoms with Crippen molar-refractivity contribution >= 4 is 68.4 Å². The minimum atomic E-state index is -0.205. The number of hydrogen-bond acceptors (Lipinski definition) is 4. The summed E-state index contributed by atoms with van der Waals surface area (Å²) in [6.07, 6.45) is 0. The number of anilines is 6. The summed E-state index contributed by atoms with van der Waals surface area (Å²) in [5.74, 6) is 0. The van der Waals surface area contributed by atoms with E-state index >= 15 is 0 Å². The first-order valence-electron chi connectivity index (χ1n) is 19.5. The Labute approximate surface area is 336 Å². The van der Waals surface area contributed by atoms with Crippen LogP contribution < -0.4 is 9.80 Å². The van der Waals surface area contributed by atoms with Crippen LogP contribution >= 0.6 is 23.5 Å². The first-order chi connectivity index (χ1) is 27.3. The average molecular weight is 755 g/mol. The maximum Gasteiger partial charge on any atom is 0.0601 e. The van der Waals surface area contributed by atoms with Gasteiger partial charge >= 0.3 is 0 Å². The molecule has 12 rings (SSSR count). The first kappa shape index (κ1) is 32.6. The molecule has 0 amide bonds. The van der Waals surface area contributed by atoms with Gasteiger partial charge in [0.15, 0.2) is 0 Å². The van der Waals surface area contributed by atoms with Crippen molar-refractivity contribution in [3.05, 3.63) is 180 Å². The van der Waals surface area contributed by atoms with Gasteiger partial charge in [-0.2, -0.15) is 0 Å². The van der Waals surface area contributed by atoms with Crippen molar-refractivity contribution in [3.63, 3.8) is 0 Å². The largest absolute Gasteiger partial charge is 0.308 e. The van der Waals surface area contributed by atoms with E-state index in [0.717, 1.165) is 0 Å². The molecule has 4 aliphatic rings. The zero-order valence-corrected chi connectivity index (χ0v) is 33.4. The third kappa shape index (κ3) is 4.32. The lowest BCUT2D eigenvalue weighted by molar-refractivity contribution is 0.644. The standard InChI is InChI=1S/C52H38N2S2/c1-51(2)37-15-13-14-35-49-34-27-25-32(54-43-18-7-11-22-47(43)56-48-23-12-8-19-44(48)54)29-39(34)52(3,4)40(49)30-36(50(35)37)33-26-24-31(28-38(33)51)53-41-16-5-9-20-45(41)55-46-21-10-6-17-42(46)53/h5-30H,1-4H3. The van der Waals surface area contributed by atoms with Crippen LogP contribution in [0.2, 0.25) is 0 Å². The molecule has 0 N–H and O–H groups in total. The normalized spacial score (nSPS) is 15.9. The maximum atomic E-state index is 2.55. The Morgan fingerprint density at radius 3 is 1.34 bits per heavy atom. The van der Waals surface area contributed by atoms with Gasteiger partial charge in [0.2, 0.25) is 0 Å². The average Bonchev–Trinajstić information content (AvgIpc) is 3.45. The Balaban J connectivity index is 1.04. The van der Waals surface area contributed by atoms with E-state index in [1.807, 2.05) is 23.5 Å². The lowest BCUT2D eigenvalue weighted by Gasteiger charge is -2.38. The molecule has 4 heteroatoms. The molecule has 0 fully saturated rings. The van der Waals surface area contributed by atoms with Gasteiger partial charge in [-0.05, 0) is 134 Å². The minimum Gasteiger partial charge on any atom is -0.308 e. The van der Waals surface area contributed by atoms with Crippen LogP contribution in [0.15, 0.2) is 177 Å². The topological polar surface area (TPSA) is 6.48 Å². The third-order valence-electron chi connectivity index (χ3n) is 12.8. The molecule has 0 saturated heterocycles. The highest BCUT2D eigenvalue weighted by Gasteiger charge is 2.42. The minimum absolute atomic E-state index is 0.198. The monoisotopic (exact) mass is 754 g/mol. The van der Waals surface area contributed by atoms with Gasteiger partial charge in [-0.15, -0.1) is 0 Å². The lowest BCUT2D eigenvalue weighted by Crippen LogP contribution is -2.25. The zero-order chi connectivity index (χ0) is 37.5. The van der Waals surface area contributed by atoms with Crippen molar-refractivity contribution < 1.29 is 0 Å². The Bertz CT molecular complexity index is 2920.